The molecule has 1 aliphatic rings. The van der Waals surface area contributed by atoms with Gasteiger partial charge < -0.3 is 9.15 Å². The summed E-state index contributed by atoms with van der Waals surface area (Å²) in [6.07, 6.45) is 4.66. The lowest BCUT2D eigenvalue weighted by Gasteiger charge is -2.35. The number of hydrogen-bond acceptors (Lipinski definition) is 3. The van der Waals surface area contributed by atoms with Gasteiger partial charge in [-0.15, -0.1) is 12.4 Å². The van der Waals surface area contributed by atoms with Crippen molar-refractivity contribution in [2.45, 2.75) is 39.2 Å². The monoisotopic (exact) mass is 353 g/mol. The van der Waals surface area contributed by atoms with Gasteiger partial charge in [-0.05, 0) is 56.6 Å². The van der Waals surface area contributed by atoms with Crippen molar-refractivity contribution in [3.05, 3.63) is 41.9 Å². The molecule has 0 saturated carbocycles. The molecule has 1 aromatic carbocycles. The topological polar surface area (TPSA) is 25.6 Å². The zero-order chi connectivity index (χ0) is 16.2. The van der Waals surface area contributed by atoms with Gasteiger partial charge in [-0.3, -0.25) is 4.90 Å². The van der Waals surface area contributed by atoms with Crippen LogP contribution in [0.3, 0.4) is 0 Å². The summed E-state index contributed by atoms with van der Waals surface area (Å²) in [6, 6.07) is 7.31. The Bertz CT molecular complexity index is 639. The summed E-state index contributed by atoms with van der Waals surface area (Å²) in [5, 5.41) is 0. The highest BCUT2D eigenvalue weighted by atomic mass is 35.5. The Hall–Kier alpha value is -1.52. The first kappa shape index (κ1) is 18.8. The summed E-state index contributed by atoms with van der Waals surface area (Å²) in [4.78, 5) is 2.46. The Morgan fingerprint density at radius 3 is 2.54 bits per heavy atom. The van der Waals surface area contributed by atoms with Gasteiger partial charge in [-0.2, -0.15) is 0 Å². The minimum atomic E-state index is -0.286. The summed E-state index contributed by atoms with van der Waals surface area (Å²) in [7, 11) is 0. The molecule has 1 atom stereocenters. The number of furan rings is 1. The normalized spacial score (nSPS) is 16.4. The number of nitrogens with zero attached hydrogens (tertiary/aromatic N) is 1. The van der Waals surface area contributed by atoms with E-state index in [9.17, 15) is 4.39 Å². The molecule has 0 bridgehead atoms. The van der Waals surface area contributed by atoms with Crippen molar-refractivity contribution in [3.63, 3.8) is 0 Å². The first-order valence-corrected chi connectivity index (χ1v) is 8.46. The van der Waals surface area contributed by atoms with Gasteiger partial charge in [0.15, 0.2) is 11.6 Å². The summed E-state index contributed by atoms with van der Waals surface area (Å²) < 4.78 is 25.5. The molecular formula is C19H25ClFNO2. The number of hydrogen-bond donors (Lipinski definition) is 0. The predicted octanol–water partition coefficient (Wildman–Crippen LogP) is 4.93. The zero-order valence-corrected chi connectivity index (χ0v) is 15.1. The molecule has 1 aromatic heterocycles. The molecule has 2 heterocycles. The van der Waals surface area contributed by atoms with E-state index in [2.05, 4.69) is 18.7 Å². The van der Waals surface area contributed by atoms with Crippen molar-refractivity contribution >= 4 is 12.4 Å². The van der Waals surface area contributed by atoms with Crippen LogP contribution in [0.2, 0.25) is 0 Å². The smallest absolute Gasteiger partial charge is 0.165 e. The van der Waals surface area contributed by atoms with Crippen LogP contribution in [0.5, 0.6) is 5.75 Å². The largest absolute Gasteiger partial charge is 0.489 e. The van der Waals surface area contributed by atoms with E-state index in [1.807, 2.05) is 12.1 Å². The highest BCUT2D eigenvalue weighted by molar-refractivity contribution is 5.85. The molecule has 24 heavy (non-hydrogen) atoms. The van der Waals surface area contributed by atoms with Crippen molar-refractivity contribution in [1.29, 1.82) is 0 Å². The first-order chi connectivity index (χ1) is 11.2. The summed E-state index contributed by atoms with van der Waals surface area (Å²) in [5.41, 5.74) is 1.86. The van der Waals surface area contributed by atoms with Crippen LogP contribution < -0.4 is 4.74 Å². The fourth-order valence-electron chi connectivity index (χ4n) is 3.38. The van der Waals surface area contributed by atoms with Crippen molar-refractivity contribution < 1.29 is 13.5 Å². The highest BCUT2D eigenvalue weighted by Gasteiger charge is 2.29. The zero-order valence-electron chi connectivity index (χ0n) is 14.3. The van der Waals surface area contributed by atoms with Gasteiger partial charge in [0.25, 0.3) is 0 Å². The maximum atomic E-state index is 14.1. The van der Waals surface area contributed by atoms with E-state index in [0.29, 0.717) is 12.4 Å². The van der Waals surface area contributed by atoms with Gasteiger partial charge in [0, 0.05) is 17.2 Å². The molecule has 0 spiro atoms. The second-order valence-electron chi connectivity index (χ2n) is 6.08. The van der Waals surface area contributed by atoms with E-state index in [4.69, 9.17) is 9.15 Å². The van der Waals surface area contributed by atoms with E-state index in [0.717, 1.165) is 49.2 Å². The second kappa shape index (κ2) is 8.54. The van der Waals surface area contributed by atoms with Gasteiger partial charge in [-0.25, -0.2) is 4.39 Å². The molecule has 1 unspecified atom stereocenters. The van der Waals surface area contributed by atoms with Crippen molar-refractivity contribution in [3.8, 4) is 17.1 Å². The average Bonchev–Trinajstić information content (AvgIpc) is 3.09. The Morgan fingerprint density at radius 2 is 1.92 bits per heavy atom. The summed E-state index contributed by atoms with van der Waals surface area (Å²) >= 11 is 0. The SMILES string of the molecule is CCCN(CCC)C1COc2c(F)ccc(-c3ccco3)c2C1.Cl. The van der Waals surface area contributed by atoms with Crippen LogP contribution in [0.25, 0.3) is 11.3 Å². The second-order valence-corrected chi connectivity index (χ2v) is 6.08. The summed E-state index contributed by atoms with van der Waals surface area (Å²) in [5.74, 6) is 0.873. The van der Waals surface area contributed by atoms with Gasteiger partial charge in [-0.1, -0.05) is 13.8 Å². The fourth-order valence-corrected chi connectivity index (χ4v) is 3.38. The maximum Gasteiger partial charge on any atom is 0.165 e. The molecule has 5 heteroatoms. The fraction of sp³-hybridized carbons (Fsp3) is 0.474. The van der Waals surface area contributed by atoms with Crippen LogP contribution >= 0.6 is 12.4 Å². The van der Waals surface area contributed by atoms with Gasteiger partial charge in [0.05, 0.1) is 6.26 Å². The van der Waals surface area contributed by atoms with E-state index in [1.165, 1.54) is 6.07 Å². The van der Waals surface area contributed by atoms with Crippen LogP contribution in [-0.2, 0) is 6.42 Å². The summed E-state index contributed by atoms with van der Waals surface area (Å²) in [6.45, 7) is 7.01. The maximum absolute atomic E-state index is 14.1. The molecule has 0 fully saturated rings. The number of halogens is 2. The molecule has 3 rings (SSSR count). The number of fused-ring (bicyclic) bond motifs is 1. The highest BCUT2D eigenvalue weighted by Crippen LogP contribution is 2.37. The van der Waals surface area contributed by atoms with Crippen molar-refractivity contribution in [2.75, 3.05) is 19.7 Å². The lowest BCUT2D eigenvalue weighted by molar-refractivity contribution is 0.116. The van der Waals surface area contributed by atoms with Crippen molar-refractivity contribution in [2.24, 2.45) is 0 Å². The predicted molar refractivity (Wildman–Crippen MR) is 96.5 cm³/mol. The number of benzene rings is 1. The number of ether oxygens (including phenoxy) is 1. The lowest BCUT2D eigenvalue weighted by atomic mass is 9.94. The standard InChI is InChI=1S/C19H24FNO2.ClH/c1-3-9-21(10-4-2)14-12-16-15(18-6-5-11-22-18)7-8-17(20)19(16)23-13-14;/h5-8,11,14H,3-4,9-10,12-13H2,1-2H3;1H. The minimum Gasteiger partial charge on any atom is -0.489 e. The Labute approximate surface area is 149 Å². The molecule has 0 N–H and O–H groups in total. The first-order valence-electron chi connectivity index (χ1n) is 8.46. The van der Waals surface area contributed by atoms with E-state index in [1.54, 1.807) is 12.3 Å². The molecule has 0 aliphatic carbocycles. The lowest BCUT2D eigenvalue weighted by Crippen LogP contribution is -2.44. The van der Waals surface area contributed by atoms with Gasteiger partial charge >= 0.3 is 0 Å². The molecule has 0 amide bonds. The average molecular weight is 354 g/mol. The molecule has 0 radical (unpaired) electrons. The minimum absolute atomic E-state index is 0. The van der Waals surface area contributed by atoms with E-state index >= 15 is 0 Å². The van der Waals surface area contributed by atoms with E-state index < -0.39 is 0 Å². The van der Waals surface area contributed by atoms with Gasteiger partial charge in [0.1, 0.15) is 12.4 Å². The quantitative estimate of drug-likeness (QED) is 0.736. The van der Waals surface area contributed by atoms with Crippen LogP contribution in [0.1, 0.15) is 32.3 Å². The van der Waals surface area contributed by atoms with Crippen LogP contribution in [0.15, 0.2) is 34.9 Å². The third kappa shape index (κ3) is 3.76. The molecule has 1 aliphatic heterocycles. The van der Waals surface area contributed by atoms with Crippen LogP contribution in [0.4, 0.5) is 4.39 Å². The van der Waals surface area contributed by atoms with Gasteiger partial charge in [0.2, 0.25) is 0 Å². The third-order valence-corrected chi connectivity index (χ3v) is 4.40. The Morgan fingerprint density at radius 1 is 1.17 bits per heavy atom. The van der Waals surface area contributed by atoms with Crippen LogP contribution in [-0.4, -0.2) is 30.6 Å². The molecule has 132 valence electrons. The van der Waals surface area contributed by atoms with Crippen LogP contribution in [0, 0.1) is 5.82 Å². The molecule has 0 saturated heterocycles. The Kier molecular flexibility index (Phi) is 6.69. The number of rotatable bonds is 6. The van der Waals surface area contributed by atoms with E-state index in [-0.39, 0.29) is 24.3 Å². The third-order valence-electron chi connectivity index (χ3n) is 4.40. The molecular weight excluding hydrogens is 329 g/mol. The Balaban J connectivity index is 0.00000208. The molecule has 3 nitrogen and oxygen atoms in total. The molecule has 2 aromatic rings. The van der Waals surface area contributed by atoms with Crippen molar-refractivity contribution in [1.82, 2.24) is 4.90 Å².